The van der Waals surface area contributed by atoms with Crippen molar-refractivity contribution in [1.82, 2.24) is 0 Å². The van der Waals surface area contributed by atoms with Gasteiger partial charge in [0, 0.05) is 52.1 Å². The van der Waals surface area contributed by atoms with E-state index in [1.165, 1.54) is 14.2 Å². The van der Waals surface area contributed by atoms with Crippen molar-refractivity contribution in [3.63, 3.8) is 0 Å². The highest BCUT2D eigenvalue weighted by Gasteiger charge is 3.00. The van der Waals surface area contributed by atoms with E-state index in [2.05, 4.69) is 0 Å². The van der Waals surface area contributed by atoms with Gasteiger partial charge in [0.25, 0.3) is 0 Å². The van der Waals surface area contributed by atoms with Gasteiger partial charge >= 0.3 is 0 Å². The molecule has 2 bridgehead atoms. The Morgan fingerprint density at radius 1 is 0.714 bits per heavy atom. The molecule has 0 aromatic rings. The SMILES string of the molecule is COC1(OC)C2C3C4C5C6[C@@H](O)[C@](C=O)(C2[C@@H](O)[C@@](C=O)(C35)C6(OC)OC)C41. The van der Waals surface area contributed by atoms with E-state index < -0.39 is 46.4 Å². The second kappa shape index (κ2) is 4.71. The number of methoxy groups -OCH3 is 4. The fourth-order valence-corrected chi connectivity index (χ4v) is 10.1. The minimum absolute atomic E-state index is 0.0590. The molecule has 6 saturated carbocycles. The molecule has 0 aromatic heterocycles. The fourth-order valence-electron chi connectivity index (χ4n) is 10.1. The van der Waals surface area contributed by atoms with Crippen LogP contribution in [0.5, 0.6) is 0 Å². The molecule has 6 aliphatic carbocycles. The summed E-state index contributed by atoms with van der Waals surface area (Å²) in [5.74, 6) is -4.58. The zero-order valence-electron chi connectivity index (χ0n) is 16.3. The molecule has 6 rings (SSSR count). The highest BCUT2D eigenvalue weighted by atomic mass is 16.7. The first-order valence-electron chi connectivity index (χ1n) is 9.91. The van der Waals surface area contributed by atoms with Crippen molar-refractivity contribution in [1.29, 1.82) is 0 Å². The summed E-state index contributed by atoms with van der Waals surface area (Å²) in [4.78, 5) is 25.4. The summed E-state index contributed by atoms with van der Waals surface area (Å²) < 4.78 is 23.5. The lowest BCUT2D eigenvalue weighted by molar-refractivity contribution is -0.317. The zero-order valence-corrected chi connectivity index (χ0v) is 16.3. The summed E-state index contributed by atoms with van der Waals surface area (Å²) in [6.45, 7) is 0. The number of aliphatic hydroxyl groups excluding tert-OH is 2. The van der Waals surface area contributed by atoms with Crippen LogP contribution in [0.2, 0.25) is 0 Å². The molecule has 0 amide bonds. The summed E-state index contributed by atoms with van der Waals surface area (Å²) in [6, 6.07) is 0. The number of hydrogen-bond acceptors (Lipinski definition) is 8. The Labute approximate surface area is 162 Å². The van der Waals surface area contributed by atoms with Gasteiger partial charge in [-0.2, -0.15) is 0 Å². The highest BCUT2D eigenvalue weighted by molar-refractivity contribution is 5.74. The molecule has 0 radical (unpaired) electrons. The highest BCUT2D eigenvalue weighted by Crippen LogP contribution is 2.92. The predicted molar refractivity (Wildman–Crippen MR) is 90.4 cm³/mol. The standard InChI is InChI=1S/C20H26O8/c1-25-19(26-2)11-8-7-9-10(8)18(6-22)16(24)13(11)17(5-21,14(7)19)15(23)12(9)20(18,27-3)28-4/h5-16,23-24H,1-4H3/t7?,8?,9?,10?,11?,12?,13?,14?,15-,16-,17-,18-/m1/s1. The van der Waals surface area contributed by atoms with Gasteiger partial charge in [0.05, 0.1) is 17.6 Å². The van der Waals surface area contributed by atoms with Crippen LogP contribution >= 0.6 is 0 Å². The molecule has 6 aliphatic rings. The van der Waals surface area contributed by atoms with Crippen molar-refractivity contribution in [2.75, 3.05) is 28.4 Å². The molecule has 154 valence electrons. The Balaban J connectivity index is 1.72. The molecule has 8 heteroatoms. The van der Waals surface area contributed by atoms with Gasteiger partial charge in [-0.05, 0) is 23.7 Å². The van der Waals surface area contributed by atoms with E-state index in [1.807, 2.05) is 0 Å². The lowest BCUT2D eigenvalue weighted by atomic mass is 9.33. The number of fused-ring (bicyclic) bond motifs is 1. The summed E-state index contributed by atoms with van der Waals surface area (Å²) >= 11 is 0. The van der Waals surface area contributed by atoms with Crippen molar-refractivity contribution in [2.24, 2.45) is 58.2 Å². The summed E-state index contributed by atoms with van der Waals surface area (Å²) in [6.07, 6.45) is -0.770. The van der Waals surface area contributed by atoms with Crippen molar-refractivity contribution in [3.05, 3.63) is 0 Å². The molecule has 8 nitrogen and oxygen atoms in total. The average Bonchev–Trinajstić information content (AvgIpc) is 3.22. The van der Waals surface area contributed by atoms with Gasteiger partial charge < -0.3 is 38.7 Å². The number of carbonyl (C=O) groups is 2. The smallest absolute Gasteiger partial charge is 0.188 e. The van der Waals surface area contributed by atoms with Gasteiger partial charge in [0.2, 0.25) is 0 Å². The second-order valence-corrected chi connectivity index (χ2v) is 9.58. The van der Waals surface area contributed by atoms with Crippen LogP contribution in [0.1, 0.15) is 0 Å². The average molecular weight is 394 g/mol. The molecule has 0 saturated heterocycles. The van der Waals surface area contributed by atoms with Gasteiger partial charge in [0.15, 0.2) is 11.6 Å². The Bertz CT molecular complexity index is 776. The van der Waals surface area contributed by atoms with E-state index in [1.54, 1.807) is 14.2 Å². The third-order valence-electron chi connectivity index (χ3n) is 10.3. The zero-order chi connectivity index (χ0) is 20.0. The fraction of sp³-hybridized carbons (Fsp3) is 0.900. The first-order chi connectivity index (χ1) is 13.4. The number of rotatable bonds is 6. The molecule has 6 fully saturated rings. The molecular formula is C20H26O8. The minimum Gasteiger partial charge on any atom is -0.392 e. The summed E-state index contributed by atoms with van der Waals surface area (Å²) in [5.41, 5.74) is -2.60. The monoisotopic (exact) mass is 394 g/mol. The first-order valence-corrected chi connectivity index (χ1v) is 9.91. The molecule has 2 N–H and O–H groups in total. The van der Waals surface area contributed by atoms with Crippen LogP contribution in [0.15, 0.2) is 0 Å². The summed E-state index contributed by atoms with van der Waals surface area (Å²) in [5, 5.41) is 23.4. The number of hydrogen-bond donors (Lipinski definition) is 2. The van der Waals surface area contributed by atoms with E-state index in [-0.39, 0.29) is 35.5 Å². The van der Waals surface area contributed by atoms with Crippen LogP contribution in [0.25, 0.3) is 0 Å². The van der Waals surface area contributed by atoms with Crippen LogP contribution < -0.4 is 0 Å². The topological polar surface area (TPSA) is 112 Å². The number of carbonyl (C=O) groups excluding carboxylic acids is 2. The van der Waals surface area contributed by atoms with Gasteiger partial charge in [-0.15, -0.1) is 0 Å². The van der Waals surface area contributed by atoms with Crippen molar-refractivity contribution in [3.8, 4) is 0 Å². The molecule has 0 heterocycles. The largest absolute Gasteiger partial charge is 0.392 e. The molecule has 12 atom stereocenters. The second-order valence-electron chi connectivity index (χ2n) is 9.58. The van der Waals surface area contributed by atoms with E-state index in [0.717, 1.165) is 12.6 Å². The maximum absolute atomic E-state index is 12.7. The molecule has 0 aromatic carbocycles. The first kappa shape index (κ1) is 17.9. The van der Waals surface area contributed by atoms with Gasteiger partial charge in [0.1, 0.15) is 18.0 Å². The van der Waals surface area contributed by atoms with Crippen LogP contribution in [-0.2, 0) is 28.5 Å². The van der Waals surface area contributed by atoms with Crippen molar-refractivity contribution in [2.45, 2.75) is 23.8 Å². The van der Waals surface area contributed by atoms with Crippen LogP contribution in [-0.4, -0.2) is 75.0 Å². The van der Waals surface area contributed by atoms with Gasteiger partial charge in [-0.3, -0.25) is 0 Å². The number of aldehydes is 2. The van der Waals surface area contributed by atoms with Crippen molar-refractivity contribution >= 4 is 12.6 Å². The number of ether oxygens (including phenoxy) is 4. The minimum atomic E-state index is -1.46. The van der Waals surface area contributed by atoms with Gasteiger partial charge in [-0.1, -0.05) is 0 Å². The van der Waals surface area contributed by atoms with Gasteiger partial charge in [-0.25, -0.2) is 0 Å². The van der Waals surface area contributed by atoms with E-state index in [4.69, 9.17) is 18.9 Å². The Morgan fingerprint density at radius 2 is 1.32 bits per heavy atom. The normalized spacial score (nSPS) is 62.2. The molecule has 0 spiro atoms. The Morgan fingerprint density at radius 3 is 1.82 bits per heavy atom. The quantitative estimate of drug-likeness (QED) is 0.439. The maximum atomic E-state index is 12.7. The van der Waals surface area contributed by atoms with Crippen LogP contribution in [0.3, 0.4) is 0 Å². The van der Waals surface area contributed by atoms with E-state index in [9.17, 15) is 19.8 Å². The third-order valence-corrected chi connectivity index (χ3v) is 10.3. The lowest BCUT2D eigenvalue weighted by Gasteiger charge is -2.69. The molecular weight excluding hydrogens is 368 g/mol. The predicted octanol–water partition coefficient (Wildman–Crippen LogP) is -0.932. The van der Waals surface area contributed by atoms with Crippen LogP contribution in [0, 0.1) is 58.2 Å². The molecule has 28 heavy (non-hydrogen) atoms. The van der Waals surface area contributed by atoms with E-state index in [0.29, 0.717) is 0 Å². The maximum Gasteiger partial charge on any atom is 0.188 e. The Kier molecular flexibility index (Phi) is 3.01. The van der Waals surface area contributed by atoms with Crippen LogP contribution in [0.4, 0.5) is 0 Å². The van der Waals surface area contributed by atoms with Crippen molar-refractivity contribution < 1.29 is 38.7 Å². The molecule has 8 unspecified atom stereocenters. The third kappa shape index (κ3) is 1.12. The Hall–Kier alpha value is -0.900. The number of aliphatic hydroxyl groups is 2. The van der Waals surface area contributed by atoms with E-state index >= 15 is 0 Å². The molecule has 0 aliphatic heterocycles. The summed E-state index contributed by atoms with van der Waals surface area (Å²) in [7, 11) is 6.01. The lowest BCUT2D eigenvalue weighted by Crippen LogP contribution is -2.75.